The summed E-state index contributed by atoms with van der Waals surface area (Å²) in [6, 6.07) is 14.5. The summed E-state index contributed by atoms with van der Waals surface area (Å²) in [6.07, 6.45) is 2.62. The van der Waals surface area contributed by atoms with Crippen LogP contribution in [0.2, 0.25) is 0 Å². The Bertz CT molecular complexity index is 858. The summed E-state index contributed by atoms with van der Waals surface area (Å²) in [6.45, 7) is 2.99. The number of aliphatic hydroxyl groups is 1. The van der Waals surface area contributed by atoms with Crippen molar-refractivity contribution in [2.75, 3.05) is 40.3 Å². The lowest BCUT2D eigenvalue weighted by Crippen LogP contribution is -2.63. The fourth-order valence-electron chi connectivity index (χ4n) is 4.80. The van der Waals surface area contributed by atoms with Gasteiger partial charge in [-0.2, -0.15) is 0 Å². The first-order valence-electron chi connectivity index (χ1n) is 10.7. The second kappa shape index (κ2) is 8.42. The highest BCUT2D eigenvalue weighted by molar-refractivity contribution is 5.85. The lowest BCUT2D eigenvalue weighted by Gasteiger charge is -2.56. The molecule has 29 heavy (non-hydrogen) atoms. The molecule has 156 valence electrons. The van der Waals surface area contributed by atoms with E-state index in [0.29, 0.717) is 26.1 Å². The first-order chi connectivity index (χ1) is 14.0. The van der Waals surface area contributed by atoms with Crippen LogP contribution in [0.1, 0.15) is 24.8 Å². The summed E-state index contributed by atoms with van der Waals surface area (Å²) in [5.74, 6) is 0.175. The van der Waals surface area contributed by atoms with E-state index in [1.807, 2.05) is 31.1 Å². The van der Waals surface area contributed by atoms with Gasteiger partial charge >= 0.3 is 0 Å². The van der Waals surface area contributed by atoms with E-state index in [4.69, 9.17) is 4.74 Å². The van der Waals surface area contributed by atoms with Gasteiger partial charge in [0, 0.05) is 31.5 Å². The van der Waals surface area contributed by atoms with Crippen molar-refractivity contribution in [1.82, 2.24) is 9.80 Å². The van der Waals surface area contributed by atoms with E-state index in [0.717, 1.165) is 31.4 Å². The fourth-order valence-corrected chi connectivity index (χ4v) is 4.80. The number of piperidine rings is 1. The number of likely N-dealkylation sites (tertiary alicyclic amines) is 1. The Morgan fingerprint density at radius 3 is 2.59 bits per heavy atom. The minimum absolute atomic E-state index is 0.121. The second-order valence-electron chi connectivity index (χ2n) is 8.89. The monoisotopic (exact) mass is 396 g/mol. The summed E-state index contributed by atoms with van der Waals surface area (Å²) in [4.78, 5) is 16.9. The maximum atomic E-state index is 12.9. The van der Waals surface area contributed by atoms with Crippen LogP contribution < -0.4 is 0 Å². The number of hydrogen-bond donors (Lipinski definition) is 1. The predicted molar refractivity (Wildman–Crippen MR) is 115 cm³/mol. The van der Waals surface area contributed by atoms with E-state index in [9.17, 15) is 9.90 Å². The second-order valence-corrected chi connectivity index (χ2v) is 8.89. The number of nitrogens with zero attached hydrogens (tertiary/aromatic N) is 2. The van der Waals surface area contributed by atoms with Crippen LogP contribution in [0.4, 0.5) is 0 Å². The van der Waals surface area contributed by atoms with Crippen LogP contribution in [0.15, 0.2) is 42.5 Å². The molecule has 0 bridgehead atoms. The lowest BCUT2D eigenvalue weighted by atomic mass is 9.58. The Kier molecular flexibility index (Phi) is 5.91. The van der Waals surface area contributed by atoms with Crippen LogP contribution in [-0.2, 0) is 16.0 Å². The average molecular weight is 397 g/mol. The summed E-state index contributed by atoms with van der Waals surface area (Å²) < 4.78 is 6.08. The molecule has 5 heteroatoms. The van der Waals surface area contributed by atoms with Crippen molar-refractivity contribution in [1.29, 1.82) is 0 Å². The van der Waals surface area contributed by atoms with E-state index >= 15 is 0 Å². The standard InChI is InChI=1S/C24H32N2O3/c1-25(2)13-14-29-22-17-21(27)24(22)9-11-26(12-10-24)23(28)16-18-7-8-19-5-3-4-6-20(19)15-18/h3-8,15,21-22,27H,9-14,16-17H2,1-2H3/t21-,22+/m0/s1. The molecular formula is C24H32N2O3. The van der Waals surface area contributed by atoms with Crippen LogP contribution in [0.3, 0.4) is 0 Å². The molecule has 2 aromatic rings. The Morgan fingerprint density at radius 2 is 1.90 bits per heavy atom. The topological polar surface area (TPSA) is 53.0 Å². The van der Waals surface area contributed by atoms with Crippen LogP contribution in [0.5, 0.6) is 0 Å². The van der Waals surface area contributed by atoms with Crippen molar-refractivity contribution in [3.05, 3.63) is 48.0 Å². The number of amides is 1. The third-order valence-electron chi connectivity index (χ3n) is 6.82. The van der Waals surface area contributed by atoms with Gasteiger partial charge in [0.2, 0.25) is 5.91 Å². The number of likely N-dealkylation sites (N-methyl/N-ethyl adjacent to an activating group) is 1. The molecule has 1 N–H and O–H groups in total. The largest absolute Gasteiger partial charge is 0.392 e. The first-order valence-corrected chi connectivity index (χ1v) is 10.7. The van der Waals surface area contributed by atoms with Crippen molar-refractivity contribution >= 4 is 16.7 Å². The SMILES string of the molecule is CN(C)CCO[C@@H]1C[C@H](O)C12CCN(C(=O)Cc1ccc3ccccc3c1)CC2. The summed E-state index contributed by atoms with van der Waals surface area (Å²) >= 11 is 0. The maximum Gasteiger partial charge on any atom is 0.226 e. The van der Waals surface area contributed by atoms with Gasteiger partial charge in [-0.05, 0) is 43.3 Å². The van der Waals surface area contributed by atoms with E-state index in [-0.39, 0.29) is 23.5 Å². The minimum atomic E-state index is -0.301. The minimum Gasteiger partial charge on any atom is -0.392 e. The lowest BCUT2D eigenvalue weighted by molar-refractivity contribution is -0.212. The highest BCUT2D eigenvalue weighted by Crippen LogP contribution is 2.51. The van der Waals surface area contributed by atoms with Crippen LogP contribution in [0.25, 0.3) is 10.8 Å². The number of carbonyl (C=O) groups excluding carboxylic acids is 1. The van der Waals surface area contributed by atoms with Crippen molar-refractivity contribution in [2.24, 2.45) is 5.41 Å². The molecule has 5 nitrogen and oxygen atoms in total. The molecule has 1 spiro atoms. The molecule has 4 rings (SSSR count). The normalized spacial score (nSPS) is 23.5. The molecule has 1 aliphatic heterocycles. The van der Waals surface area contributed by atoms with E-state index < -0.39 is 0 Å². The highest BCUT2D eigenvalue weighted by Gasteiger charge is 2.56. The number of carbonyl (C=O) groups is 1. The Labute approximate surface area is 173 Å². The zero-order valence-corrected chi connectivity index (χ0v) is 17.5. The zero-order valence-electron chi connectivity index (χ0n) is 17.5. The molecule has 2 atom stereocenters. The molecule has 2 aliphatic rings. The number of aliphatic hydroxyl groups excluding tert-OH is 1. The van der Waals surface area contributed by atoms with Gasteiger partial charge in [0.15, 0.2) is 0 Å². The molecule has 1 heterocycles. The molecule has 1 amide bonds. The van der Waals surface area contributed by atoms with Crippen LogP contribution >= 0.6 is 0 Å². The molecule has 1 aliphatic carbocycles. The van der Waals surface area contributed by atoms with Gasteiger partial charge < -0.3 is 19.6 Å². The van der Waals surface area contributed by atoms with E-state index in [1.165, 1.54) is 10.8 Å². The quantitative estimate of drug-likeness (QED) is 0.816. The van der Waals surface area contributed by atoms with Crippen molar-refractivity contribution < 1.29 is 14.6 Å². The van der Waals surface area contributed by atoms with E-state index in [1.54, 1.807) is 0 Å². The maximum absolute atomic E-state index is 12.9. The Hall–Kier alpha value is -1.95. The van der Waals surface area contributed by atoms with Crippen molar-refractivity contribution in [3.8, 4) is 0 Å². The number of ether oxygens (including phenoxy) is 1. The molecule has 0 unspecified atom stereocenters. The zero-order chi connectivity index (χ0) is 20.4. The first kappa shape index (κ1) is 20.3. The molecule has 1 saturated heterocycles. The third kappa shape index (κ3) is 4.18. The Morgan fingerprint density at radius 1 is 1.17 bits per heavy atom. The van der Waals surface area contributed by atoms with Crippen molar-refractivity contribution in [3.63, 3.8) is 0 Å². The molecule has 0 radical (unpaired) electrons. The molecule has 0 aromatic heterocycles. The molecule has 2 aromatic carbocycles. The smallest absolute Gasteiger partial charge is 0.226 e. The highest BCUT2D eigenvalue weighted by atomic mass is 16.5. The Balaban J connectivity index is 1.33. The van der Waals surface area contributed by atoms with E-state index in [2.05, 4.69) is 35.2 Å². The van der Waals surface area contributed by atoms with Gasteiger partial charge in [-0.15, -0.1) is 0 Å². The summed E-state index contributed by atoms with van der Waals surface area (Å²) in [7, 11) is 4.07. The average Bonchev–Trinajstić information content (AvgIpc) is 2.73. The third-order valence-corrected chi connectivity index (χ3v) is 6.82. The van der Waals surface area contributed by atoms with Crippen LogP contribution in [-0.4, -0.2) is 73.4 Å². The number of hydrogen-bond acceptors (Lipinski definition) is 4. The molecular weight excluding hydrogens is 364 g/mol. The molecule has 1 saturated carbocycles. The van der Waals surface area contributed by atoms with Gasteiger partial charge in [-0.3, -0.25) is 4.79 Å². The summed E-state index contributed by atoms with van der Waals surface area (Å²) in [5.41, 5.74) is 0.897. The summed E-state index contributed by atoms with van der Waals surface area (Å²) in [5, 5.41) is 12.8. The van der Waals surface area contributed by atoms with Gasteiger partial charge in [0.05, 0.1) is 25.2 Å². The van der Waals surface area contributed by atoms with Gasteiger partial charge in [-0.25, -0.2) is 0 Å². The predicted octanol–water partition coefficient (Wildman–Crippen LogP) is 2.70. The van der Waals surface area contributed by atoms with Gasteiger partial charge in [0.1, 0.15) is 0 Å². The van der Waals surface area contributed by atoms with Crippen molar-refractivity contribution in [2.45, 2.75) is 37.9 Å². The fraction of sp³-hybridized carbons (Fsp3) is 0.542. The van der Waals surface area contributed by atoms with Gasteiger partial charge in [-0.1, -0.05) is 42.5 Å². The number of rotatable bonds is 6. The number of benzene rings is 2. The molecule has 2 fully saturated rings. The van der Waals surface area contributed by atoms with Gasteiger partial charge in [0.25, 0.3) is 0 Å². The van der Waals surface area contributed by atoms with Crippen LogP contribution in [0, 0.1) is 5.41 Å². The number of fused-ring (bicyclic) bond motifs is 1.